The Hall–Kier alpha value is -2.38. The molecular weight excluding hydrogens is 328 g/mol. The van der Waals surface area contributed by atoms with Gasteiger partial charge < -0.3 is 14.2 Å². The van der Waals surface area contributed by atoms with E-state index in [1.165, 1.54) is 11.3 Å². The van der Waals surface area contributed by atoms with E-state index in [0.29, 0.717) is 28.9 Å². The molecule has 0 aliphatic carbocycles. The molecule has 0 saturated carbocycles. The molecule has 1 aromatic heterocycles. The van der Waals surface area contributed by atoms with Crippen LogP contribution < -0.4 is 14.8 Å². The lowest BCUT2D eigenvalue weighted by atomic mass is 10.1. The smallest absolute Gasteiger partial charge is 0.255 e. The third-order valence-electron chi connectivity index (χ3n) is 3.25. The van der Waals surface area contributed by atoms with Crippen LogP contribution in [0.3, 0.4) is 0 Å². The van der Waals surface area contributed by atoms with Gasteiger partial charge in [0, 0.05) is 10.9 Å². The van der Waals surface area contributed by atoms with Crippen LogP contribution in [-0.4, -0.2) is 37.8 Å². The van der Waals surface area contributed by atoms with Crippen LogP contribution >= 0.6 is 11.3 Å². The molecule has 1 aromatic carbocycles. The predicted octanol–water partition coefficient (Wildman–Crippen LogP) is 3.36. The van der Waals surface area contributed by atoms with Crippen molar-refractivity contribution in [3.8, 4) is 22.8 Å². The summed E-state index contributed by atoms with van der Waals surface area (Å²) < 4.78 is 15.9. The van der Waals surface area contributed by atoms with Gasteiger partial charge >= 0.3 is 0 Å². The van der Waals surface area contributed by atoms with Crippen molar-refractivity contribution in [2.75, 3.05) is 26.1 Å². The number of nitrogens with zero attached hydrogens (tertiary/aromatic N) is 1. The number of nitrogens with one attached hydrogen (secondary N) is 1. The van der Waals surface area contributed by atoms with Gasteiger partial charge in [0.05, 0.1) is 26.5 Å². The third kappa shape index (κ3) is 4.33. The Morgan fingerprint density at radius 3 is 2.88 bits per heavy atom. The molecule has 1 amide bonds. The highest BCUT2D eigenvalue weighted by atomic mass is 32.1. The molecule has 7 heteroatoms. The van der Waals surface area contributed by atoms with E-state index in [4.69, 9.17) is 14.2 Å². The van der Waals surface area contributed by atoms with Crippen LogP contribution in [-0.2, 0) is 9.53 Å². The first-order chi connectivity index (χ1) is 11.6. The summed E-state index contributed by atoms with van der Waals surface area (Å²) in [5.41, 5.74) is 1.50. The summed E-state index contributed by atoms with van der Waals surface area (Å²) >= 11 is 1.33. The first kappa shape index (κ1) is 18.0. The molecule has 0 fully saturated rings. The maximum atomic E-state index is 12.0. The van der Waals surface area contributed by atoms with E-state index in [1.54, 1.807) is 27.2 Å². The molecule has 0 spiro atoms. The summed E-state index contributed by atoms with van der Waals surface area (Å²) in [5.74, 6) is 1.13. The quantitative estimate of drug-likeness (QED) is 0.741. The highest BCUT2D eigenvalue weighted by Crippen LogP contribution is 2.35. The normalized spacial score (nSPS) is 11.6. The lowest BCUT2D eigenvalue weighted by Crippen LogP contribution is -2.27. The van der Waals surface area contributed by atoms with Crippen LogP contribution in [0, 0.1) is 0 Å². The topological polar surface area (TPSA) is 69.7 Å². The molecule has 1 atom stereocenters. The summed E-state index contributed by atoms with van der Waals surface area (Å²) in [6.45, 7) is 5.55. The molecule has 24 heavy (non-hydrogen) atoms. The molecule has 0 bridgehead atoms. The number of amides is 1. The Bertz CT molecular complexity index is 714. The van der Waals surface area contributed by atoms with Crippen LogP contribution in [0.5, 0.6) is 11.5 Å². The van der Waals surface area contributed by atoms with Crippen LogP contribution in [0.15, 0.2) is 36.2 Å². The number of methoxy groups -OCH3 is 2. The molecule has 1 N–H and O–H groups in total. The van der Waals surface area contributed by atoms with Crippen LogP contribution in [0.2, 0.25) is 0 Å². The van der Waals surface area contributed by atoms with E-state index in [-0.39, 0.29) is 5.91 Å². The zero-order valence-electron chi connectivity index (χ0n) is 13.9. The van der Waals surface area contributed by atoms with Crippen LogP contribution in [0.4, 0.5) is 5.13 Å². The Kier molecular flexibility index (Phi) is 6.34. The van der Waals surface area contributed by atoms with Crippen molar-refractivity contribution in [2.45, 2.75) is 13.0 Å². The fourth-order valence-electron chi connectivity index (χ4n) is 1.96. The van der Waals surface area contributed by atoms with Crippen LogP contribution in [0.25, 0.3) is 11.3 Å². The van der Waals surface area contributed by atoms with Crippen LogP contribution in [0.1, 0.15) is 6.92 Å². The Labute approximate surface area is 145 Å². The number of hydrogen-bond acceptors (Lipinski definition) is 6. The van der Waals surface area contributed by atoms with Crippen molar-refractivity contribution in [1.82, 2.24) is 4.98 Å². The predicted molar refractivity (Wildman–Crippen MR) is 94.9 cm³/mol. The maximum Gasteiger partial charge on any atom is 0.255 e. The number of ether oxygens (including phenoxy) is 3. The Balaban J connectivity index is 2.16. The monoisotopic (exact) mass is 348 g/mol. The molecular formula is C17H20N2O4S. The number of aromatic nitrogens is 1. The summed E-state index contributed by atoms with van der Waals surface area (Å²) in [6.07, 6.45) is 1.02. The Morgan fingerprint density at radius 1 is 1.42 bits per heavy atom. The van der Waals surface area contributed by atoms with Gasteiger partial charge in [0.15, 0.2) is 5.13 Å². The minimum absolute atomic E-state index is 0.254. The van der Waals surface area contributed by atoms with Gasteiger partial charge in [-0.25, -0.2) is 4.98 Å². The summed E-state index contributed by atoms with van der Waals surface area (Å²) in [4.78, 5) is 16.5. The molecule has 1 heterocycles. The van der Waals surface area contributed by atoms with E-state index < -0.39 is 6.10 Å². The summed E-state index contributed by atoms with van der Waals surface area (Å²) in [7, 11) is 3.20. The lowest BCUT2D eigenvalue weighted by Gasteiger charge is -2.10. The number of carbonyl (C=O) groups excluding carboxylic acids is 1. The molecule has 128 valence electrons. The molecule has 0 aliphatic heterocycles. The number of hydrogen-bond donors (Lipinski definition) is 1. The number of rotatable bonds is 8. The van der Waals surface area contributed by atoms with E-state index >= 15 is 0 Å². The lowest BCUT2D eigenvalue weighted by molar-refractivity contribution is -0.125. The average molecular weight is 348 g/mol. The van der Waals surface area contributed by atoms with E-state index in [1.807, 2.05) is 23.6 Å². The van der Waals surface area contributed by atoms with Crippen molar-refractivity contribution >= 4 is 22.4 Å². The maximum absolute atomic E-state index is 12.0. The van der Waals surface area contributed by atoms with E-state index in [2.05, 4.69) is 16.9 Å². The van der Waals surface area contributed by atoms with E-state index in [0.717, 1.165) is 5.56 Å². The van der Waals surface area contributed by atoms with Gasteiger partial charge in [-0.15, -0.1) is 17.9 Å². The third-order valence-corrected chi connectivity index (χ3v) is 4.01. The number of carbonyl (C=O) groups is 1. The SMILES string of the molecule is C=CCOC(C)C(=O)Nc1nc(-c2cc(OC)ccc2OC)cs1. The molecule has 2 rings (SSSR count). The van der Waals surface area contributed by atoms with Gasteiger partial charge in [-0.1, -0.05) is 6.08 Å². The fourth-order valence-corrected chi connectivity index (χ4v) is 2.68. The molecule has 1 unspecified atom stereocenters. The molecule has 0 aliphatic rings. The van der Waals surface area contributed by atoms with Crippen molar-refractivity contribution in [3.05, 3.63) is 36.2 Å². The van der Waals surface area contributed by atoms with Crippen molar-refractivity contribution in [3.63, 3.8) is 0 Å². The molecule has 0 saturated heterocycles. The minimum atomic E-state index is -0.582. The van der Waals surface area contributed by atoms with Gasteiger partial charge in [0.1, 0.15) is 17.6 Å². The molecule has 6 nitrogen and oxygen atoms in total. The zero-order chi connectivity index (χ0) is 17.5. The first-order valence-corrected chi connectivity index (χ1v) is 8.18. The van der Waals surface area contributed by atoms with Gasteiger partial charge in [-0.3, -0.25) is 10.1 Å². The molecule has 0 radical (unpaired) electrons. The number of benzene rings is 1. The van der Waals surface area contributed by atoms with Gasteiger partial charge in [-0.05, 0) is 25.1 Å². The summed E-state index contributed by atoms with van der Waals surface area (Å²) in [6, 6.07) is 5.47. The average Bonchev–Trinajstić information content (AvgIpc) is 3.07. The Morgan fingerprint density at radius 2 is 2.21 bits per heavy atom. The number of thiazole rings is 1. The van der Waals surface area contributed by atoms with Gasteiger partial charge in [0.25, 0.3) is 5.91 Å². The second-order valence-electron chi connectivity index (χ2n) is 4.86. The first-order valence-electron chi connectivity index (χ1n) is 7.30. The standard InChI is InChI=1S/C17H20N2O4S/c1-5-8-23-11(2)16(20)19-17-18-14(10-24-17)13-9-12(21-3)6-7-15(13)22-4/h5-7,9-11H,1,8H2,2-4H3,(H,18,19,20). The number of anilines is 1. The minimum Gasteiger partial charge on any atom is -0.497 e. The zero-order valence-corrected chi connectivity index (χ0v) is 14.7. The van der Waals surface area contributed by atoms with Crippen molar-refractivity contribution in [1.29, 1.82) is 0 Å². The summed E-state index contributed by atoms with van der Waals surface area (Å²) in [5, 5.41) is 5.09. The van der Waals surface area contributed by atoms with E-state index in [9.17, 15) is 4.79 Å². The molecule has 2 aromatic rings. The van der Waals surface area contributed by atoms with Gasteiger partial charge in [0.2, 0.25) is 0 Å². The second-order valence-corrected chi connectivity index (χ2v) is 5.72. The second kappa shape index (κ2) is 8.47. The van der Waals surface area contributed by atoms with Crippen molar-refractivity contribution < 1.29 is 19.0 Å². The fraction of sp³-hybridized carbons (Fsp3) is 0.294. The highest BCUT2D eigenvalue weighted by molar-refractivity contribution is 7.14. The van der Waals surface area contributed by atoms with Crippen molar-refractivity contribution in [2.24, 2.45) is 0 Å². The van der Waals surface area contributed by atoms with Gasteiger partial charge in [-0.2, -0.15) is 0 Å². The highest BCUT2D eigenvalue weighted by Gasteiger charge is 2.16. The largest absolute Gasteiger partial charge is 0.497 e.